The molecule has 0 aromatic heterocycles. The molecular formula is C18H20F2N2O2. The molecule has 2 aromatic rings. The Balaban J connectivity index is 1.80. The second-order valence-electron chi connectivity index (χ2n) is 5.70. The lowest BCUT2D eigenvalue weighted by atomic mass is 9.96. The smallest absolute Gasteiger partial charge is 0.314 e. The van der Waals surface area contributed by atoms with Gasteiger partial charge in [-0.1, -0.05) is 36.4 Å². The van der Waals surface area contributed by atoms with Gasteiger partial charge in [0.25, 0.3) is 0 Å². The maximum atomic E-state index is 13.5. The average Bonchev–Trinajstić information content (AvgIpc) is 2.56. The highest BCUT2D eigenvalue weighted by atomic mass is 19.1. The summed E-state index contributed by atoms with van der Waals surface area (Å²) in [7, 11) is 0. The van der Waals surface area contributed by atoms with Gasteiger partial charge in [-0.2, -0.15) is 0 Å². The Hall–Kier alpha value is -2.47. The number of halogens is 2. The van der Waals surface area contributed by atoms with E-state index in [2.05, 4.69) is 10.6 Å². The minimum absolute atomic E-state index is 0.0108. The van der Waals surface area contributed by atoms with E-state index in [4.69, 9.17) is 0 Å². The molecule has 6 heteroatoms. The molecule has 0 bridgehead atoms. The van der Waals surface area contributed by atoms with Crippen LogP contribution in [0.4, 0.5) is 13.6 Å². The van der Waals surface area contributed by atoms with Gasteiger partial charge in [-0.25, -0.2) is 13.6 Å². The van der Waals surface area contributed by atoms with Crippen molar-refractivity contribution in [3.05, 3.63) is 71.3 Å². The molecule has 0 radical (unpaired) electrons. The minimum Gasteiger partial charge on any atom is -0.384 e. The number of hydrogen-bond acceptors (Lipinski definition) is 2. The molecule has 3 N–H and O–H groups in total. The van der Waals surface area contributed by atoms with Gasteiger partial charge in [0.05, 0.1) is 6.54 Å². The van der Waals surface area contributed by atoms with E-state index in [0.29, 0.717) is 5.56 Å². The van der Waals surface area contributed by atoms with Gasteiger partial charge in [-0.05, 0) is 31.0 Å². The van der Waals surface area contributed by atoms with Crippen LogP contribution in [0.5, 0.6) is 0 Å². The lowest BCUT2D eigenvalue weighted by molar-refractivity contribution is 0.0594. The lowest BCUT2D eigenvalue weighted by Crippen LogP contribution is -2.44. The molecule has 24 heavy (non-hydrogen) atoms. The first-order valence-electron chi connectivity index (χ1n) is 7.62. The topological polar surface area (TPSA) is 61.4 Å². The highest BCUT2D eigenvalue weighted by Gasteiger charge is 2.23. The van der Waals surface area contributed by atoms with E-state index in [1.165, 1.54) is 18.2 Å². The second-order valence-corrected chi connectivity index (χ2v) is 5.70. The van der Waals surface area contributed by atoms with Gasteiger partial charge in [-0.15, -0.1) is 0 Å². The number of urea groups is 1. The quantitative estimate of drug-likeness (QED) is 0.761. The third kappa shape index (κ3) is 4.76. The Morgan fingerprint density at radius 2 is 1.67 bits per heavy atom. The van der Waals surface area contributed by atoms with Crippen molar-refractivity contribution in [2.75, 3.05) is 13.1 Å². The Labute approximate surface area is 139 Å². The van der Waals surface area contributed by atoms with Crippen LogP contribution in [0.3, 0.4) is 0 Å². The lowest BCUT2D eigenvalue weighted by Gasteiger charge is -2.24. The molecule has 128 valence electrons. The Morgan fingerprint density at radius 1 is 1.04 bits per heavy atom. The van der Waals surface area contributed by atoms with Gasteiger partial charge in [-0.3, -0.25) is 0 Å². The fourth-order valence-electron chi connectivity index (χ4n) is 2.29. The number of carbonyl (C=O) groups excluding carboxylic acids is 1. The highest BCUT2D eigenvalue weighted by Crippen LogP contribution is 2.18. The maximum absolute atomic E-state index is 13.5. The summed E-state index contributed by atoms with van der Waals surface area (Å²) < 4.78 is 26.9. The van der Waals surface area contributed by atoms with E-state index in [1.54, 1.807) is 31.2 Å². The van der Waals surface area contributed by atoms with Gasteiger partial charge in [0.15, 0.2) is 0 Å². The van der Waals surface area contributed by atoms with E-state index < -0.39 is 23.3 Å². The van der Waals surface area contributed by atoms with Crippen LogP contribution in [-0.4, -0.2) is 24.2 Å². The summed E-state index contributed by atoms with van der Waals surface area (Å²) >= 11 is 0. The summed E-state index contributed by atoms with van der Waals surface area (Å²) in [5, 5.41) is 15.4. The molecule has 0 spiro atoms. The van der Waals surface area contributed by atoms with Crippen molar-refractivity contribution in [3.63, 3.8) is 0 Å². The van der Waals surface area contributed by atoms with E-state index >= 15 is 0 Å². The molecule has 0 aliphatic rings. The van der Waals surface area contributed by atoms with Crippen molar-refractivity contribution >= 4 is 6.03 Å². The van der Waals surface area contributed by atoms with E-state index in [1.807, 2.05) is 6.07 Å². The first-order valence-corrected chi connectivity index (χ1v) is 7.62. The number of carbonyl (C=O) groups is 1. The van der Waals surface area contributed by atoms with Gasteiger partial charge < -0.3 is 15.7 Å². The second kappa shape index (κ2) is 7.88. The number of amides is 2. The van der Waals surface area contributed by atoms with E-state index in [0.717, 1.165) is 0 Å². The van der Waals surface area contributed by atoms with Crippen molar-refractivity contribution in [1.82, 2.24) is 10.6 Å². The molecular weight excluding hydrogens is 314 g/mol. The molecule has 2 aromatic carbocycles. The standard InChI is InChI=1S/C18H20F2N2O2/c1-18(24,13-6-3-2-4-7-13)12-22-17(23)21-11-10-14-15(19)8-5-9-16(14)20/h2-9,24H,10-12H2,1H3,(H2,21,22,23). The molecule has 2 amide bonds. The predicted octanol–water partition coefficient (Wildman–Crippen LogP) is 2.71. The van der Waals surface area contributed by atoms with Crippen molar-refractivity contribution in [2.24, 2.45) is 0 Å². The molecule has 0 heterocycles. The van der Waals surface area contributed by atoms with Gasteiger partial charge in [0.1, 0.15) is 17.2 Å². The highest BCUT2D eigenvalue weighted by molar-refractivity contribution is 5.73. The molecule has 0 fully saturated rings. The maximum Gasteiger partial charge on any atom is 0.314 e. The van der Waals surface area contributed by atoms with Crippen LogP contribution in [0, 0.1) is 11.6 Å². The first-order chi connectivity index (χ1) is 11.4. The first kappa shape index (κ1) is 17.9. The SMILES string of the molecule is CC(O)(CNC(=O)NCCc1c(F)cccc1F)c1ccccc1. The Morgan fingerprint density at radius 3 is 2.29 bits per heavy atom. The minimum atomic E-state index is -1.21. The molecule has 0 aliphatic carbocycles. The van der Waals surface area contributed by atoms with E-state index in [9.17, 15) is 18.7 Å². The summed E-state index contributed by atoms with van der Waals surface area (Å²) in [6, 6.07) is 12.1. The van der Waals surface area contributed by atoms with Crippen molar-refractivity contribution in [2.45, 2.75) is 18.9 Å². The summed E-state index contributed by atoms with van der Waals surface area (Å²) in [4.78, 5) is 11.8. The average molecular weight is 334 g/mol. The fraction of sp³-hybridized carbons (Fsp3) is 0.278. The van der Waals surface area contributed by atoms with Crippen LogP contribution in [0.2, 0.25) is 0 Å². The zero-order valence-corrected chi connectivity index (χ0v) is 13.4. The number of hydrogen-bond donors (Lipinski definition) is 3. The number of benzene rings is 2. The normalized spacial score (nSPS) is 13.2. The molecule has 0 saturated carbocycles. The molecule has 4 nitrogen and oxygen atoms in total. The van der Waals surface area contributed by atoms with Crippen molar-refractivity contribution in [3.8, 4) is 0 Å². The zero-order valence-electron chi connectivity index (χ0n) is 13.4. The summed E-state index contributed by atoms with van der Waals surface area (Å²) in [6.45, 7) is 1.69. The third-order valence-electron chi connectivity index (χ3n) is 3.71. The number of aliphatic hydroxyl groups is 1. The summed E-state index contributed by atoms with van der Waals surface area (Å²) in [6.07, 6.45) is 0.0427. The summed E-state index contributed by atoms with van der Waals surface area (Å²) in [5.74, 6) is -1.27. The third-order valence-corrected chi connectivity index (χ3v) is 3.71. The van der Waals surface area contributed by atoms with Gasteiger partial charge >= 0.3 is 6.03 Å². The molecule has 1 atom stereocenters. The zero-order chi connectivity index (χ0) is 17.6. The number of rotatable bonds is 6. The van der Waals surface area contributed by atoms with Gasteiger partial charge in [0.2, 0.25) is 0 Å². The van der Waals surface area contributed by atoms with Crippen LogP contribution in [0.1, 0.15) is 18.1 Å². The number of nitrogens with one attached hydrogen (secondary N) is 2. The monoisotopic (exact) mass is 334 g/mol. The molecule has 0 saturated heterocycles. The van der Waals surface area contributed by atoms with Gasteiger partial charge in [0, 0.05) is 12.1 Å². The van der Waals surface area contributed by atoms with E-state index in [-0.39, 0.29) is 25.1 Å². The van der Waals surface area contributed by atoms with Crippen LogP contribution in [0.15, 0.2) is 48.5 Å². The van der Waals surface area contributed by atoms with Crippen LogP contribution >= 0.6 is 0 Å². The van der Waals surface area contributed by atoms with Crippen LogP contribution in [-0.2, 0) is 12.0 Å². The predicted molar refractivity (Wildman–Crippen MR) is 87.5 cm³/mol. The van der Waals surface area contributed by atoms with Crippen LogP contribution < -0.4 is 10.6 Å². The van der Waals surface area contributed by atoms with Crippen LogP contribution in [0.25, 0.3) is 0 Å². The fourth-order valence-corrected chi connectivity index (χ4v) is 2.29. The molecule has 0 aliphatic heterocycles. The largest absolute Gasteiger partial charge is 0.384 e. The Bertz CT molecular complexity index is 670. The molecule has 2 rings (SSSR count). The Kier molecular flexibility index (Phi) is 5.87. The van der Waals surface area contributed by atoms with Crippen molar-refractivity contribution in [1.29, 1.82) is 0 Å². The van der Waals surface area contributed by atoms with Crippen molar-refractivity contribution < 1.29 is 18.7 Å². The molecule has 1 unspecified atom stereocenters. The summed E-state index contributed by atoms with van der Waals surface area (Å²) in [5.41, 5.74) is -0.594.